The zero-order chi connectivity index (χ0) is 20.4. The number of nitrogens with one attached hydrogen (secondary N) is 1. The van der Waals surface area contributed by atoms with E-state index in [1.165, 1.54) is 16.1 Å². The Morgan fingerprint density at radius 2 is 1.86 bits per heavy atom. The number of fused-ring (bicyclic) bond motifs is 1. The molecule has 0 radical (unpaired) electrons. The first-order valence-corrected chi connectivity index (χ1v) is 9.44. The van der Waals surface area contributed by atoms with Gasteiger partial charge in [0.1, 0.15) is 23.0 Å². The van der Waals surface area contributed by atoms with Gasteiger partial charge in [0, 0.05) is 17.1 Å². The fraction of sp³-hybridized carbons (Fsp3) is 0.0500. The second-order valence-corrected chi connectivity index (χ2v) is 6.95. The van der Waals surface area contributed by atoms with Gasteiger partial charge >= 0.3 is 5.97 Å². The first-order valence-electron chi connectivity index (χ1n) is 8.56. The lowest BCUT2D eigenvalue weighted by atomic mass is 10.2. The summed E-state index contributed by atoms with van der Waals surface area (Å²) in [6.07, 6.45) is 1.54. The number of carbonyl (C=O) groups excluding carboxylic acids is 1. The summed E-state index contributed by atoms with van der Waals surface area (Å²) in [5.74, 6) is -1.05. The molecule has 9 heteroatoms. The molecule has 0 spiro atoms. The average molecular weight is 406 g/mol. The van der Waals surface area contributed by atoms with Crippen LogP contribution in [-0.2, 0) is 11.3 Å². The Kier molecular flexibility index (Phi) is 4.88. The fourth-order valence-corrected chi connectivity index (χ4v) is 3.80. The van der Waals surface area contributed by atoms with E-state index in [9.17, 15) is 19.5 Å². The maximum absolute atomic E-state index is 13.2. The predicted octanol–water partition coefficient (Wildman–Crippen LogP) is 2.86. The van der Waals surface area contributed by atoms with E-state index in [1.807, 2.05) is 6.07 Å². The highest BCUT2D eigenvalue weighted by Crippen LogP contribution is 2.25. The van der Waals surface area contributed by atoms with Gasteiger partial charge in [0.2, 0.25) is 5.91 Å². The monoisotopic (exact) mass is 406 g/mol. The van der Waals surface area contributed by atoms with Gasteiger partial charge < -0.3 is 10.4 Å². The van der Waals surface area contributed by atoms with Crippen molar-refractivity contribution >= 4 is 39.2 Å². The molecule has 0 aliphatic carbocycles. The van der Waals surface area contributed by atoms with Crippen LogP contribution in [0.15, 0.2) is 64.9 Å². The zero-order valence-corrected chi connectivity index (χ0v) is 15.7. The summed E-state index contributed by atoms with van der Waals surface area (Å²) < 4.78 is 1.19. The molecule has 0 atom stereocenters. The van der Waals surface area contributed by atoms with Crippen LogP contribution in [0, 0.1) is 0 Å². The molecule has 1 amide bonds. The molecular weight excluding hydrogens is 392 g/mol. The van der Waals surface area contributed by atoms with Crippen molar-refractivity contribution in [2.45, 2.75) is 6.54 Å². The third-order valence-electron chi connectivity index (χ3n) is 4.19. The van der Waals surface area contributed by atoms with Gasteiger partial charge in [-0.15, -0.1) is 11.3 Å². The van der Waals surface area contributed by atoms with Gasteiger partial charge in [0.15, 0.2) is 0 Å². The molecule has 3 heterocycles. The lowest BCUT2D eigenvalue weighted by Crippen LogP contribution is -2.30. The minimum absolute atomic E-state index is 0.00665. The molecule has 0 fully saturated rings. The summed E-state index contributed by atoms with van der Waals surface area (Å²) >= 11 is 1.08. The number of aromatic nitrogens is 3. The number of anilines is 1. The van der Waals surface area contributed by atoms with Crippen LogP contribution >= 0.6 is 11.3 Å². The Hall–Kier alpha value is -3.85. The van der Waals surface area contributed by atoms with E-state index < -0.39 is 17.4 Å². The molecule has 144 valence electrons. The summed E-state index contributed by atoms with van der Waals surface area (Å²) in [4.78, 5) is 46.1. The van der Waals surface area contributed by atoms with Crippen molar-refractivity contribution in [2.24, 2.45) is 0 Å². The van der Waals surface area contributed by atoms with Crippen LogP contribution in [0.4, 0.5) is 5.82 Å². The Labute approximate surface area is 168 Å². The second kappa shape index (κ2) is 7.64. The SMILES string of the molecule is O=C(Cn1c(-c2ccccc2)nc2scc(C(=O)O)c2c1=O)Nc1ccccn1. The van der Waals surface area contributed by atoms with Crippen LogP contribution in [0.1, 0.15) is 10.4 Å². The lowest BCUT2D eigenvalue weighted by molar-refractivity contribution is -0.116. The van der Waals surface area contributed by atoms with Crippen LogP contribution in [-0.4, -0.2) is 31.5 Å². The Bertz CT molecular complexity index is 1270. The topological polar surface area (TPSA) is 114 Å². The third-order valence-corrected chi connectivity index (χ3v) is 5.06. The number of amides is 1. The van der Waals surface area contributed by atoms with Crippen molar-refractivity contribution in [1.29, 1.82) is 0 Å². The molecule has 0 unspecified atom stereocenters. The van der Waals surface area contributed by atoms with Crippen LogP contribution in [0.3, 0.4) is 0 Å². The van der Waals surface area contributed by atoms with Crippen LogP contribution < -0.4 is 10.9 Å². The fourth-order valence-electron chi connectivity index (χ4n) is 2.90. The van der Waals surface area contributed by atoms with Crippen molar-refractivity contribution in [1.82, 2.24) is 14.5 Å². The molecule has 0 saturated carbocycles. The summed E-state index contributed by atoms with van der Waals surface area (Å²) in [6.45, 7) is -0.336. The van der Waals surface area contributed by atoms with Gasteiger partial charge in [0.05, 0.1) is 10.9 Å². The van der Waals surface area contributed by atoms with E-state index in [2.05, 4.69) is 15.3 Å². The van der Waals surface area contributed by atoms with E-state index >= 15 is 0 Å². The molecular formula is C20H14N4O4S. The standard InChI is InChI=1S/C20H14N4O4S/c25-15(22-14-8-4-5-9-21-14)10-24-17(12-6-2-1-3-7-12)23-18-16(19(24)26)13(11-29-18)20(27)28/h1-9,11H,10H2,(H,27,28)(H,21,22,25). The molecule has 0 saturated heterocycles. The molecule has 0 aliphatic heterocycles. The average Bonchev–Trinajstić information content (AvgIpc) is 3.16. The number of rotatable bonds is 5. The van der Waals surface area contributed by atoms with Gasteiger partial charge in [-0.3, -0.25) is 14.2 Å². The highest BCUT2D eigenvalue weighted by molar-refractivity contribution is 7.17. The first-order chi connectivity index (χ1) is 14.0. The van der Waals surface area contributed by atoms with Crippen molar-refractivity contribution in [3.63, 3.8) is 0 Å². The zero-order valence-electron chi connectivity index (χ0n) is 14.9. The smallest absolute Gasteiger partial charge is 0.337 e. The maximum Gasteiger partial charge on any atom is 0.337 e. The van der Waals surface area contributed by atoms with Crippen molar-refractivity contribution in [3.05, 3.63) is 76.0 Å². The number of carbonyl (C=O) groups is 2. The van der Waals surface area contributed by atoms with Crippen molar-refractivity contribution < 1.29 is 14.7 Å². The van der Waals surface area contributed by atoms with Gasteiger partial charge in [-0.05, 0) is 12.1 Å². The van der Waals surface area contributed by atoms with E-state index in [4.69, 9.17) is 0 Å². The van der Waals surface area contributed by atoms with E-state index in [1.54, 1.807) is 42.5 Å². The molecule has 1 aromatic carbocycles. The van der Waals surface area contributed by atoms with Crippen molar-refractivity contribution in [2.75, 3.05) is 5.32 Å². The minimum atomic E-state index is -1.22. The number of benzene rings is 1. The number of aromatic carboxylic acids is 1. The van der Waals surface area contributed by atoms with Gasteiger partial charge in [0.25, 0.3) is 5.56 Å². The molecule has 2 N–H and O–H groups in total. The van der Waals surface area contributed by atoms with E-state index in [-0.39, 0.29) is 23.3 Å². The molecule has 29 heavy (non-hydrogen) atoms. The quantitative estimate of drug-likeness (QED) is 0.527. The van der Waals surface area contributed by atoms with Gasteiger partial charge in [-0.1, -0.05) is 36.4 Å². The molecule has 3 aromatic heterocycles. The van der Waals surface area contributed by atoms with Crippen LogP contribution in [0.25, 0.3) is 21.6 Å². The molecule has 0 bridgehead atoms. The van der Waals surface area contributed by atoms with Crippen LogP contribution in [0.5, 0.6) is 0 Å². The third kappa shape index (κ3) is 3.63. The predicted molar refractivity (Wildman–Crippen MR) is 109 cm³/mol. The minimum Gasteiger partial charge on any atom is -0.478 e. The van der Waals surface area contributed by atoms with Gasteiger partial charge in [-0.25, -0.2) is 14.8 Å². The maximum atomic E-state index is 13.2. The number of nitrogens with zero attached hydrogens (tertiary/aromatic N) is 3. The number of pyridine rings is 1. The van der Waals surface area contributed by atoms with Crippen LogP contribution in [0.2, 0.25) is 0 Å². The summed E-state index contributed by atoms with van der Waals surface area (Å²) in [5.41, 5.74) is -0.0629. The van der Waals surface area contributed by atoms with E-state index in [0.717, 1.165) is 11.3 Å². The highest BCUT2D eigenvalue weighted by Gasteiger charge is 2.21. The Balaban J connectivity index is 1.84. The highest BCUT2D eigenvalue weighted by atomic mass is 32.1. The summed E-state index contributed by atoms with van der Waals surface area (Å²) in [6, 6.07) is 14.0. The Morgan fingerprint density at radius 1 is 1.10 bits per heavy atom. The normalized spacial score (nSPS) is 10.8. The Morgan fingerprint density at radius 3 is 2.55 bits per heavy atom. The molecule has 0 aliphatic rings. The number of hydrogen-bond donors (Lipinski definition) is 2. The number of hydrogen-bond acceptors (Lipinski definition) is 6. The molecule has 4 rings (SSSR count). The van der Waals surface area contributed by atoms with E-state index in [0.29, 0.717) is 16.2 Å². The largest absolute Gasteiger partial charge is 0.478 e. The second-order valence-electron chi connectivity index (χ2n) is 6.09. The first kappa shape index (κ1) is 18.5. The molecule has 4 aromatic rings. The van der Waals surface area contributed by atoms with Gasteiger partial charge in [-0.2, -0.15) is 0 Å². The number of carboxylic acid groups (broad SMARTS) is 1. The summed E-state index contributed by atoms with van der Waals surface area (Å²) in [7, 11) is 0. The summed E-state index contributed by atoms with van der Waals surface area (Å²) in [5, 5.41) is 13.4. The molecule has 8 nitrogen and oxygen atoms in total. The number of carboxylic acids is 1. The number of thiophene rings is 1. The van der Waals surface area contributed by atoms with Crippen molar-refractivity contribution in [3.8, 4) is 11.4 Å². The lowest BCUT2D eigenvalue weighted by Gasteiger charge is -2.13.